The minimum atomic E-state index is -0.0532. The molecule has 15 heavy (non-hydrogen) atoms. The second kappa shape index (κ2) is 6.16. The summed E-state index contributed by atoms with van der Waals surface area (Å²) in [5, 5.41) is 2.36. The highest BCUT2D eigenvalue weighted by atomic mass is 35.5. The molecule has 0 radical (unpaired) electrons. The normalized spacial score (nSPS) is 8.87. The van der Waals surface area contributed by atoms with E-state index in [1.807, 2.05) is 0 Å². The van der Waals surface area contributed by atoms with E-state index in [0.717, 1.165) is 6.29 Å². The van der Waals surface area contributed by atoms with Crippen molar-refractivity contribution in [3.8, 4) is 0 Å². The molecule has 0 aliphatic rings. The van der Waals surface area contributed by atoms with Crippen LogP contribution in [0, 0.1) is 0 Å². The summed E-state index contributed by atoms with van der Waals surface area (Å²) >= 11 is 6.84. The lowest BCUT2D eigenvalue weighted by Crippen LogP contribution is -1.98. The first-order valence-corrected chi connectivity index (χ1v) is 5.31. The van der Waals surface area contributed by atoms with Crippen molar-refractivity contribution in [1.82, 2.24) is 4.98 Å². The molecular weight excluding hydrogens is 234 g/mol. The summed E-state index contributed by atoms with van der Waals surface area (Å²) in [7, 11) is 0. The number of thiophene rings is 1. The topological polar surface area (TPSA) is 49.9 Å². The Morgan fingerprint density at radius 2 is 2.20 bits per heavy atom. The predicted octanol–water partition coefficient (Wildman–Crippen LogP) is 2.59. The molecule has 3 nitrogen and oxygen atoms in total. The molecule has 1 N–H and O–H groups in total. The summed E-state index contributed by atoms with van der Waals surface area (Å²) in [6.45, 7) is 0. The van der Waals surface area contributed by atoms with Gasteiger partial charge in [0, 0.05) is 17.6 Å². The van der Waals surface area contributed by atoms with Gasteiger partial charge < -0.3 is 4.98 Å². The lowest BCUT2D eigenvalue weighted by molar-refractivity contribution is 0.112. The van der Waals surface area contributed by atoms with E-state index in [0.29, 0.717) is 9.90 Å². The first kappa shape index (κ1) is 11.7. The van der Waals surface area contributed by atoms with Crippen molar-refractivity contribution in [1.29, 1.82) is 0 Å². The second-order valence-corrected chi connectivity index (χ2v) is 3.89. The summed E-state index contributed by atoms with van der Waals surface area (Å²) in [5.74, 6) is 0. The molecule has 0 atom stereocenters. The molecule has 2 aromatic rings. The van der Waals surface area contributed by atoms with Gasteiger partial charge in [-0.3, -0.25) is 9.59 Å². The number of halogens is 1. The lowest BCUT2D eigenvalue weighted by Gasteiger charge is -1.73. The molecule has 0 fully saturated rings. The number of hydrogen-bond donors (Lipinski definition) is 1. The maximum atomic E-state index is 10.2. The van der Waals surface area contributed by atoms with Gasteiger partial charge in [-0.15, -0.1) is 11.3 Å². The van der Waals surface area contributed by atoms with Gasteiger partial charge in [-0.2, -0.15) is 0 Å². The summed E-state index contributed by atoms with van der Waals surface area (Å²) in [6, 6.07) is 6.57. The molecule has 5 heteroatoms. The molecule has 0 aromatic carbocycles. The van der Waals surface area contributed by atoms with Crippen LogP contribution in [0.1, 0.15) is 9.67 Å². The molecule has 0 bridgehead atoms. The summed E-state index contributed by atoms with van der Waals surface area (Å²) in [5.41, 5.74) is -0.0532. The zero-order valence-electron chi connectivity index (χ0n) is 7.64. The molecular formula is C10H8ClNO2S. The van der Waals surface area contributed by atoms with E-state index in [4.69, 9.17) is 11.6 Å². The van der Waals surface area contributed by atoms with Crippen molar-refractivity contribution in [3.63, 3.8) is 0 Å². The van der Waals surface area contributed by atoms with Gasteiger partial charge in [0.15, 0.2) is 6.29 Å². The van der Waals surface area contributed by atoms with Gasteiger partial charge in [0.25, 0.3) is 0 Å². The maximum Gasteiger partial charge on any atom is 0.247 e. The van der Waals surface area contributed by atoms with Crippen LogP contribution in [0.5, 0.6) is 0 Å². The van der Waals surface area contributed by atoms with E-state index in [9.17, 15) is 9.59 Å². The van der Waals surface area contributed by atoms with Crippen LogP contribution in [0.4, 0.5) is 0 Å². The van der Waals surface area contributed by atoms with Crippen LogP contribution in [-0.4, -0.2) is 11.3 Å². The molecule has 2 heterocycles. The fraction of sp³-hybridized carbons (Fsp3) is 0. The quantitative estimate of drug-likeness (QED) is 0.781. The van der Waals surface area contributed by atoms with Crippen LogP contribution in [0.2, 0.25) is 5.02 Å². The van der Waals surface area contributed by atoms with Crippen molar-refractivity contribution in [2.75, 3.05) is 0 Å². The minimum Gasteiger partial charge on any atom is -0.329 e. The van der Waals surface area contributed by atoms with Crippen LogP contribution >= 0.6 is 22.9 Å². The van der Waals surface area contributed by atoms with Crippen LogP contribution < -0.4 is 5.56 Å². The lowest BCUT2D eigenvalue weighted by atomic mass is 10.5. The number of hydrogen-bond acceptors (Lipinski definition) is 3. The SMILES string of the molecule is O=Cc1cc(Cl)cs1.O=c1cccc[nH]1. The van der Waals surface area contributed by atoms with E-state index in [-0.39, 0.29) is 5.56 Å². The van der Waals surface area contributed by atoms with Crippen LogP contribution in [0.15, 0.2) is 40.6 Å². The first-order valence-electron chi connectivity index (χ1n) is 4.05. The summed E-state index contributed by atoms with van der Waals surface area (Å²) in [6.07, 6.45) is 2.39. The molecule has 0 saturated carbocycles. The highest BCUT2D eigenvalue weighted by Crippen LogP contribution is 2.16. The zero-order chi connectivity index (χ0) is 11.1. The third-order valence-electron chi connectivity index (χ3n) is 1.38. The second-order valence-electron chi connectivity index (χ2n) is 2.51. The van der Waals surface area contributed by atoms with E-state index >= 15 is 0 Å². The Balaban J connectivity index is 0.000000151. The number of aromatic amines is 1. The largest absolute Gasteiger partial charge is 0.329 e. The van der Waals surface area contributed by atoms with Gasteiger partial charge >= 0.3 is 0 Å². The zero-order valence-corrected chi connectivity index (χ0v) is 9.22. The third kappa shape index (κ3) is 4.58. The summed E-state index contributed by atoms with van der Waals surface area (Å²) in [4.78, 5) is 23.3. The molecule has 0 spiro atoms. The monoisotopic (exact) mass is 241 g/mol. The molecule has 0 amide bonds. The van der Waals surface area contributed by atoms with Gasteiger partial charge in [-0.1, -0.05) is 17.7 Å². The van der Waals surface area contributed by atoms with E-state index < -0.39 is 0 Å². The number of pyridine rings is 1. The van der Waals surface area contributed by atoms with Crippen molar-refractivity contribution in [2.24, 2.45) is 0 Å². The fourth-order valence-corrected chi connectivity index (χ4v) is 1.65. The predicted molar refractivity (Wildman–Crippen MR) is 61.8 cm³/mol. The fourth-order valence-electron chi connectivity index (χ4n) is 0.767. The maximum absolute atomic E-state index is 10.2. The highest BCUT2D eigenvalue weighted by molar-refractivity contribution is 7.12. The van der Waals surface area contributed by atoms with Crippen LogP contribution in [0.3, 0.4) is 0 Å². The van der Waals surface area contributed by atoms with Gasteiger partial charge in [0.1, 0.15) is 0 Å². The number of H-pyrrole nitrogens is 1. The average Bonchev–Trinajstić information content (AvgIpc) is 2.66. The number of carbonyl (C=O) groups is 1. The van der Waals surface area contributed by atoms with Gasteiger partial charge in [0.05, 0.1) is 9.90 Å². The van der Waals surface area contributed by atoms with Gasteiger partial charge in [-0.25, -0.2) is 0 Å². The van der Waals surface area contributed by atoms with Crippen molar-refractivity contribution >= 4 is 29.2 Å². The number of rotatable bonds is 1. The Morgan fingerprint density at radius 1 is 1.40 bits per heavy atom. The molecule has 2 rings (SSSR count). The molecule has 78 valence electrons. The third-order valence-corrected chi connectivity index (χ3v) is 2.59. The number of carbonyl (C=O) groups excluding carboxylic acids is 1. The van der Waals surface area contributed by atoms with Gasteiger partial charge in [0.2, 0.25) is 5.56 Å². The molecule has 0 aliphatic heterocycles. The van der Waals surface area contributed by atoms with Crippen molar-refractivity contribution in [3.05, 3.63) is 56.1 Å². The Hall–Kier alpha value is -1.39. The van der Waals surface area contributed by atoms with Crippen LogP contribution in [-0.2, 0) is 0 Å². The van der Waals surface area contributed by atoms with Crippen molar-refractivity contribution in [2.45, 2.75) is 0 Å². The number of aldehydes is 1. The number of aromatic nitrogens is 1. The molecule has 2 aromatic heterocycles. The van der Waals surface area contributed by atoms with E-state index in [1.165, 1.54) is 17.4 Å². The molecule has 0 unspecified atom stereocenters. The molecule has 0 aliphatic carbocycles. The van der Waals surface area contributed by atoms with Crippen molar-refractivity contribution < 1.29 is 4.79 Å². The minimum absolute atomic E-state index is 0.0532. The Kier molecular flexibility index (Phi) is 4.80. The van der Waals surface area contributed by atoms with Crippen LogP contribution in [0.25, 0.3) is 0 Å². The highest BCUT2D eigenvalue weighted by Gasteiger charge is 1.91. The Morgan fingerprint density at radius 3 is 2.47 bits per heavy atom. The standard InChI is InChI=1S/C5H3ClOS.C5H5NO/c6-4-1-5(2-7)8-3-4;7-5-3-1-2-4-6-5/h1-3H;1-4H,(H,6,7). The Bertz CT molecular complexity index is 461. The average molecular weight is 242 g/mol. The summed E-state index contributed by atoms with van der Waals surface area (Å²) < 4.78 is 0. The van der Waals surface area contributed by atoms with Gasteiger partial charge in [-0.05, 0) is 12.1 Å². The smallest absolute Gasteiger partial charge is 0.247 e. The van der Waals surface area contributed by atoms with E-state index in [1.54, 1.807) is 29.8 Å². The molecule has 0 saturated heterocycles. The first-order chi connectivity index (χ1) is 7.22. The van der Waals surface area contributed by atoms with E-state index in [2.05, 4.69) is 4.98 Å². The Labute approximate surface area is 95.3 Å². The number of nitrogens with one attached hydrogen (secondary N) is 1.